The molecule has 0 bridgehead atoms. The predicted octanol–water partition coefficient (Wildman–Crippen LogP) is 3.63. The van der Waals surface area contributed by atoms with Gasteiger partial charge in [0.1, 0.15) is 0 Å². The Morgan fingerprint density at radius 3 is 2.45 bits per heavy atom. The van der Waals surface area contributed by atoms with E-state index in [-0.39, 0.29) is 10.6 Å². The number of benzene rings is 2. The van der Waals surface area contributed by atoms with Crippen molar-refractivity contribution >= 4 is 5.69 Å². The number of hydrogen-bond donors (Lipinski definition) is 1. The highest BCUT2D eigenvalue weighted by molar-refractivity contribution is 5.64. The normalized spacial score (nSPS) is 15.5. The molecular formula is C22H25N5O2. The average molecular weight is 391 g/mol. The first kappa shape index (κ1) is 19.3. The zero-order chi connectivity index (χ0) is 20.2. The summed E-state index contributed by atoms with van der Waals surface area (Å²) in [5, 5.41) is 19.5. The fourth-order valence-electron chi connectivity index (χ4n) is 3.70. The Bertz CT molecular complexity index is 961. The summed E-state index contributed by atoms with van der Waals surface area (Å²) in [6, 6.07) is 17.1. The second kappa shape index (κ2) is 8.55. The minimum Gasteiger partial charge on any atom is -0.310 e. The van der Waals surface area contributed by atoms with Crippen LogP contribution in [0.15, 0.2) is 60.8 Å². The summed E-state index contributed by atoms with van der Waals surface area (Å²) in [5.74, 6) is 0. The molecule has 7 heteroatoms. The van der Waals surface area contributed by atoms with Gasteiger partial charge < -0.3 is 10.2 Å². The van der Waals surface area contributed by atoms with Crippen molar-refractivity contribution in [1.29, 1.82) is 0 Å². The number of nitro benzene ring substituents is 1. The lowest BCUT2D eigenvalue weighted by Crippen LogP contribution is -2.40. The zero-order valence-corrected chi connectivity index (χ0v) is 16.5. The second-order valence-electron chi connectivity index (χ2n) is 7.55. The number of aromatic nitrogens is 2. The van der Waals surface area contributed by atoms with E-state index in [2.05, 4.69) is 17.3 Å². The van der Waals surface area contributed by atoms with Gasteiger partial charge in [0.15, 0.2) is 0 Å². The quantitative estimate of drug-likeness (QED) is 0.513. The van der Waals surface area contributed by atoms with Crippen LogP contribution in [0.3, 0.4) is 0 Å². The van der Waals surface area contributed by atoms with Crippen molar-refractivity contribution in [3.05, 3.63) is 76.5 Å². The number of likely N-dealkylation sites (tertiary alicyclic amines) is 1. The summed E-state index contributed by atoms with van der Waals surface area (Å²) in [5.41, 5.74) is 3.89. The molecule has 1 fully saturated rings. The molecule has 3 aromatic rings. The highest BCUT2D eigenvalue weighted by atomic mass is 16.6. The van der Waals surface area contributed by atoms with Crippen LogP contribution in [-0.2, 0) is 6.54 Å². The van der Waals surface area contributed by atoms with Crippen LogP contribution in [0.4, 0.5) is 5.69 Å². The lowest BCUT2D eigenvalue weighted by Gasteiger charge is -2.29. The van der Waals surface area contributed by atoms with E-state index in [1.807, 2.05) is 41.2 Å². The molecule has 1 aromatic heterocycles. The van der Waals surface area contributed by atoms with Gasteiger partial charge in [0, 0.05) is 42.0 Å². The summed E-state index contributed by atoms with van der Waals surface area (Å²) in [6.07, 6.45) is 4.32. The second-order valence-corrected chi connectivity index (χ2v) is 7.55. The molecule has 2 heterocycles. The van der Waals surface area contributed by atoms with Crippen LogP contribution in [0.2, 0.25) is 0 Å². The SMILES string of the molecule is CN1CCC(NCc2cn(-c3ccccc3)nc2-c2ccc([N+](=O)[O-])cc2)CC1. The van der Waals surface area contributed by atoms with Crippen LogP contribution in [0.1, 0.15) is 18.4 Å². The molecule has 0 amide bonds. The number of rotatable bonds is 6. The van der Waals surface area contributed by atoms with E-state index in [1.54, 1.807) is 12.1 Å². The Labute approximate surface area is 170 Å². The van der Waals surface area contributed by atoms with Gasteiger partial charge in [0.2, 0.25) is 0 Å². The minimum absolute atomic E-state index is 0.0854. The van der Waals surface area contributed by atoms with Gasteiger partial charge in [0.05, 0.1) is 16.3 Å². The molecule has 0 atom stereocenters. The van der Waals surface area contributed by atoms with Crippen molar-refractivity contribution < 1.29 is 4.92 Å². The van der Waals surface area contributed by atoms with Crippen LogP contribution < -0.4 is 5.32 Å². The topological polar surface area (TPSA) is 76.2 Å². The van der Waals surface area contributed by atoms with Gasteiger partial charge >= 0.3 is 0 Å². The number of nitrogens with zero attached hydrogens (tertiary/aromatic N) is 4. The number of hydrogen-bond acceptors (Lipinski definition) is 5. The van der Waals surface area contributed by atoms with E-state index in [9.17, 15) is 10.1 Å². The molecule has 2 aromatic carbocycles. The number of nitro groups is 1. The molecule has 150 valence electrons. The number of nitrogens with one attached hydrogen (secondary N) is 1. The van der Waals surface area contributed by atoms with Crippen LogP contribution in [0.25, 0.3) is 16.9 Å². The Balaban J connectivity index is 1.61. The molecule has 0 spiro atoms. The Kier molecular flexibility index (Phi) is 5.69. The molecule has 7 nitrogen and oxygen atoms in total. The molecule has 1 N–H and O–H groups in total. The third-order valence-electron chi connectivity index (χ3n) is 5.46. The van der Waals surface area contributed by atoms with Crippen LogP contribution >= 0.6 is 0 Å². The third kappa shape index (κ3) is 4.52. The van der Waals surface area contributed by atoms with Gasteiger partial charge in [-0.2, -0.15) is 5.10 Å². The number of piperidine rings is 1. The molecule has 1 aliphatic rings. The average Bonchev–Trinajstić information content (AvgIpc) is 3.18. The molecule has 1 saturated heterocycles. The Hall–Kier alpha value is -3.03. The third-order valence-corrected chi connectivity index (χ3v) is 5.46. The maximum atomic E-state index is 11.0. The summed E-state index contributed by atoms with van der Waals surface area (Å²) in [4.78, 5) is 13.0. The first-order valence-corrected chi connectivity index (χ1v) is 9.91. The fourth-order valence-corrected chi connectivity index (χ4v) is 3.70. The Morgan fingerprint density at radius 2 is 1.79 bits per heavy atom. The zero-order valence-electron chi connectivity index (χ0n) is 16.5. The number of para-hydroxylation sites is 1. The van der Waals surface area contributed by atoms with Gasteiger partial charge in [-0.25, -0.2) is 4.68 Å². The van der Waals surface area contributed by atoms with E-state index >= 15 is 0 Å². The lowest BCUT2D eigenvalue weighted by molar-refractivity contribution is -0.384. The summed E-state index contributed by atoms with van der Waals surface area (Å²) in [7, 11) is 2.16. The van der Waals surface area contributed by atoms with Crippen molar-refractivity contribution in [2.24, 2.45) is 0 Å². The summed E-state index contributed by atoms with van der Waals surface area (Å²) in [6.45, 7) is 2.93. The number of non-ortho nitro benzene ring substituents is 1. The summed E-state index contributed by atoms with van der Waals surface area (Å²) < 4.78 is 1.88. The first-order chi connectivity index (χ1) is 14.1. The van der Waals surface area contributed by atoms with E-state index in [0.29, 0.717) is 12.6 Å². The van der Waals surface area contributed by atoms with Gasteiger partial charge in [0.25, 0.3) is 5.69 Å². The summed E-state index contributed by atoms with van der Waals surface area (Å²) >= 11 is 0. The van der Waals surface area contributed by atoms with E-state index in [4.69, 9.17) is 5.10 Å². The van der Waals surface area contributed by atoms with Crippen LogP contribution in [-0.4, -0.2) is 45.8 Å². The molecule has 0 saturated carbocycles. The highest BCUT2D eigenvalue weighted by Gasteiger charge is 2.18. The largest absolute Gasteiger partial charge is 0.310 e. The molecule has 0 radical (unpaired) electrons. The smallest absolute Gasteiger partial charge is 0.269 e. The molecule has 4 rings (SSSR count). The van der Waals surface area contributed by atoms with Gasteiger partial charge in [-0.3, -0.25) is 10.1 Å². The molecule has 0 aliphatic carbocycles. The molecule has 1 aliphatic heterocycles. The molecule has 29 heavy (non-hydrogen) atoms. The monoisotopic (exact) mass is 391 g/mol. The first-order valence-electron chi connectivity index (χ1n) is 9.91. The van der Waals surface area contributed by atoms with Crippen LogP contribution in [0, 0.1) is 10.1 Å². The van der Waals surface area contributed by atoms with Crippen molar-refractivity contribution in [3.8, 4) is 16.9 Å². The van der Waals surface area contributed by atoms with E-state index in [1.165, 1.54) is 12.1 Å². The predicted molar refractivity (Wildman–Crippen MR) is 113 cm³/mol. The molecular weight excluding hydrogens is 366 g/mol. The lowest BCUT2D eigenvalue weighted by atomic mass is 10.0. The van der Waals surface area contributed by atoms with E-state index in [0.717, 1.165) is 48.4 Å². The minimum atomic E-state index is -0.380. The van der Waals surface area contributed by atoms with Gasteiger partial charge in [-0.15, -0.1) is 0 Å². The Morgan fingerprint density at radius 1 is 1.10 bits per heavy atom. The van der Waals surface area contributed by atoms with Crippen molar-refractivity contribution in [2.75, 3.05) is 20.1 Å². The van der Waals surface area contributed by atoms with Gasteiger partial charge in [-0.05, 0) is 57.2 Å². The van der Waals surface area contributed by atoms with Crippen LogP contribution in [0.5, 0.6) is 0 Å². The molecule has 0 unspecified atom stereocenters. The highest BCUT2D eigenvalue weighted by Crippen LogP contribution is 2.26. The van der Waals surface area contributed by atoms with E-state index < -0.39 is 0 Å². The maximum Gasteiger partial charge on any atom is 0.269 e. The van der Waals surface area contributed by atoms with Crippen molar-refractivity contribution in [1.82, 2.24) is 20.0 Å². The fraction of sp³-hybridized carbons (Fsp3) is 0.318. The maximum absolute atomic E-state index is 11.0. The van der Waals surface area contributed by atoms with Crippen molar-refractivity contribution in [3.63, 3.8) is 0 Å². The standard InChI is InChI=1S/C22H25N5O2/c1-25-13-11-19(12-14-25)23-15-18-16-26(20-5-3-2-4-6-20)24-22(18)17-7-9-21(10-8-17)27(28)29/h2-10,16,19,23H,11-15H2,1H3. The van der Waals surface area contributed by atoms with Gasteiger partial charge in [-0.1, -0.05) is 18.2 Å². The van der Waals surface area contributed by atoms with Crippen molar-refractivity contribution in [2.45, 2.75) is 25.4 Å².